The summed E-state index contributed by atoms with van der Waals surface area (Å²) in [6, 6.07) is 15.5. The summed E-state index contributed by atoms with van der Waals surface area (Å²) in [4.78, 5) is 12.8. The third-order valence-corrected chi connectivity index (χ3v) is 5.25. The van der Waals surface area contributed by atoms with Crippen LogP contribution >= 0.6 is 11.3 Å². The molecule has 1 heterocycles. The maximum Gasteiger partial charge on any atom is 0.265 e. The SMILES string of the molecule is COc1cccc(OC)c1C(=O)Nc1nnc(-c2cc(F)c3ccccc3c2)s1. The second kappa shape index (κ2) is 7.84. The van der Waals surface area contributed by atoms with Crippen LogP contribution in [0.15, 0.2) is 54.6 Å². The Morgan fingerprint density at radius 2 is 1.72 bits per heavy atom. The maximum atomic E-state index is 14.4. The number of hydrogen-bond acceptors (Lipinski definition) is 6. The summed E-state index contributed by atoms with van der Waals surface area (Å²) in [6.07, 6.45) is 0. The van der Waals surface area contributed by atoms with Crippen molar-refractivity contribution in [3.63, 3.8) is 0 Å². The smallest absolute Gasteiger partial charge is 0.265 e. The molecule has 0 aliphatic rings. The van der Waals surface area contributed by atoms with Gasteiger partial charge in [0.05, 0.1) is 14.2 Å². The summed E-state index contributed by atoms with van der Waals surface area (Å²) in [5.41, 5.74) is 0.847. The molecule has 146 valence electrons. The molecule has 0 fully saturated rings. The predicted molar refractivity (Wildman–Crippen MR) is 110 cm³/mol. The lowest BCUT2D eigenvalue weighted by Gasteiger charge is -2.11. The molecule has 0 unspecified atom stereocenters. The Balaban J connectivity index is 1.63. The maximum absolute atomic E-state index is 14.4. The number of nitrogens with zero attached hydrogens (tertiary/aromatic N) is 2. The first-order valence-electron chi connectivity index (χ1n) is 8.65. The van der Waals surface area contributed by atoms with Crippen LogP contribution in [0.1, 0.15) is 10.4 Å². The molecule has 0 spiro atoms. The molecular formula is C21H16FN3O3S. The van der Waals surface area contributed by atoms with E-state index in [2.05, 4.69) is 15.5 Å². The number of amides is 1. The minimum absolute atomic E-state index is 0.256. The molecule has 8 heteroatoms. The topological polar surface area (TPSA) is 73.3 Å². The molecule has 1 aromatic heterocycles. The van der Waals surface area contributed by atoms with E-state index in [-0.39, 0.29) is 16.5 Å². The number of nitrogens with one attached hydrogen (secondary N) is 1. The van der Waals surface area contributed by atoms with E-state index in [1.807, 2.05) is 18.2 Å². The largest absolute Gasteiger partial charge is 0.496 e. The minimum atomic E-state index is -0.438. The van der Waals surface area contributed by atoms with E-state index in [0.29, 0.717) is 27.5 Å². The molecule has 0 saturated heterocycles. The second-order valence-electron chi connectivity index (χ2n) is 6.08. The summed E-state index contributed by atoms with van der Waals surface area (Å²) in [5, 5.41) is 12.9. The fourth-order valence-electron chi connectivity index (χ4n) is 3.01. The third-order valence-electron chi connectivity index (χ3n) is 4.36. The fourth-order valence-corrected chi connectivity index (χ4v) is 3.74. The van der Waals surface area contributed by atoms with Crippen LogP contribution < -0.4 is 14.8 Å². The van der Waals surface area contributed by atoms with Gasteiger partial charge in [0.25, 0.3) is 5.91 Å². The van der Waals surface area contributed by atoms with Crippen molar-refractivity contribution in [2.24, 2.45) is 0 Å². The predicted octanol–water partition coefficient (Wildman–Crippen LogP) is 4.77. The molecule has 29 heavy (non-hydrogen) atoms. The zero-order valence-electron chi connectivity index (χ0n) is 15.6. The first-order valence-corrected chi connectivity index (χ1v) is 9.47. The number of anilines is 1. The van der Waals surface area contributed by atoms with Crippen molar-refractivity contribution in [2.75, 3.05) is 19.5 Å². The number of methoxy groups -OCH3 is 2. The Morgan fingerprint density at radius 3 is 2.45 bits per heavy atom. The van der Waals surface area contributed by atoms with Gasteiger partial charge in [-0.3, -0.25) is 10.1 Å². The molecule has 0 aliphatic heterocycles. The summed E-state index contributed by atoms with van der Waals surface area (Å²) >= 11 is 1.15. The molecule has 6 nitrogen and oxygen atoms in total. The van der Waals surface area contributed by atoms with Crippen molar-refractivity contribution in [2.45, 2.75) is 0 Å². The number of halogens is 1. The Bertz CT molecular complexity index is 1190. The highest BCUT2D eigenvalue weighted by Gasteiger charge is 2.20. The molecule has 0 saturated carbocycles. The van der Waals surface area contributed by atoms with Crippen molar-refractivity contribution in [1.82, 2.24) is 10.2 Å². The number of carbonyl (C=O) groups is 1. The Labute approximate surface area is 169 Å². The van der Waals surface area contributed by atoms with Crippen LogP contribution in [0.25, 0.3) is 21.3 Å². The van der Waals surface area contributed by atoms with Crippen LogP contribution in [0.3, 0.4) is 0 Å². The highest BCUT2D eigenvalue weighted by Crippen LogP contribution is 2.32. The van der Waals surface area contributed by atoms with E-state index in [1.165, 1.54) is 20.3 Å². The van der Waals surface area contributed by atoms with Gasteiger partial charge in [0, 0.05) is 10.9 Å². The van der Waals surface area contributed by atoms with E-state index in [4.69, 9.17) is 9.47 Å². The van der Waals surface area contributed by atoms with Gasteiger partial charge in [-0.15, -0.1) is 10.2 Å². The van der Waals surface area contributed by atoms with Crippen molar-refractivity contribution in [1.29, 1.82) is 0 Å². The Morgan fingerprint density at radius 1 is 1.00 bits per heavy atom. The molecule has 0 radical (unpaired) electrons. The normalized spacial score (nSPS) is 10.7. The zero-order valence-corrected chi connectivity index (χ0v) is 16.4. The number of hydrogen-bond donors (Lipinski definition) is 1. The Hall–Kier alpha value is -3.52. The monoisotopic (exact) mass is 409 g/mol. The van der Waals surface area contributed by atoms with Crippen molar-refractivity contribution >= 4 is 33.1 Å². The second-order valence-corrected chi connectivity index (χ2v) is 7.06. The van der Waals surface area contributed by atoms with Crippen molar-refractivity contribution in [3.05, 3.63) is 66.0 Å². The van der Waals surface area contributed by atoms with Crippen LogP contribution in [-0.4, -0.2) is 30.3 Å². The lowest BCUT2D eigenvalue weighted by molar-refractivity contribution is 0.102. The molecule has 4 rings (SSSR count). The van der Waals surface area contributed by atoms with Crippen LogP contribution in [0.5, 0.6) is 11.5 Å². The van der Waals surface area contributed by atoms with Gasteiger partial charge in [-0.25, -0.2) is 4.39 Å². The first kappa shape index (κ1) is 18.8. The van der Waals surface area contributed by atoms with Gasteiger partial charge in [0.2, 0.25) is 5.13 Å². The number of benzene rings is 3. The number of carbonyl (C=O) groups excluding carboxylic acids is 1. The average Bonchev–Trinajstić information content (AvgIpc) is 3.21. The molecule has 3 aromatic carbocycles. The van der Waals surface area contributed by atoms with Gasteiger partial charge in [-0.2, -0.15) is 0 Å². The Kier molecular flexibility index (Phi) is 5.09. The van der Waals surface area contributed by atoms with Gasteiger partial charge in [-0.1, -0.05) is 41.7 Å². The van der Waals surface area contributed by atoms with Gasteiger partial charge in [-0.05, 0) is 29.7 Å². The summed E-state index contributed by atoms with van der Waals surface area (Å²) < 4.78 is 24.9. The van der Waals surface area contributed by atoms with E-state index < -0.39 is 5.91 Å². The average molecular weight is 409 g/mol. The number of aromatic nitrogens is 2. The fraction of sp³-hybridized carbons (Fsp3) is 0.0952. The van der Waals surface area contributed by atoms with Crippen molar-refractivity contribution < 1.29 is 18.7 Å². The minimum Gasteiger partial charge on any atom is -0.496 e. The van der Waals surface area contributed by atoms with Gasteiger partial charge in [0.15, 0.2) is 0 Å². The van der Waals surface area contributed by atoms with E-state index in [9.17, 15) is 9.18 Å². The molecule has 0 atom stereocenters. The molecule has 1 N–H and O–H groups in total. The van der Waals surface area contributed by atoms with Crippen LogP contribution in [0.2, 0.25) is 0 Å². The molecule has 1 amide bonds. The number of rotatable bonds is 5. The molecule has 0 bridgehead atoms. The highest BCUT2D eigenvalue weighted by atomic mass is 32.1. The zero-order chi connectivity index (χ0) is 20.4. The molecule has 0 aliphatic carbocycles. The third kappa shape index (κ3) is 3.62. The van der Waals surface area contributed by atoms with E-state index >= 15 is 0 Å². The summed E-state index contributed by atoms with van der Waals surface area (Å²) in [7, 11) is 2.95. The van der Waals surface area contributed by atoms with Gasteiger partial charge in [0.1, 0.15) is 27.9 Å². The number of ether oxygens (including phenoxy) is 2. The van der Waals surface area contributed by atoms with Crippen LogP contribution in [0.4, 0.5) is 9.52 Å². The van der Waals surface area contributed by atoms with Crippen LogP contribution in [-0.2, 0) is 0 Å². The molecule has 4 aromatic rings. The van der Waals surface area contributed by atoms with E-state index in [1.54, 1.807) is 30.3 Å². The van der Waals surface area contributed by atoms with Crippen molar-refractivity contribution in [3.8, 4) is 22.1 Å². The quantitative estimate of drug-likeness (QED) is 0.514. The van der Waals surface area contributed by atoms with Gasteiger partial charge < -0.3 is 9.47 Å². The first-order chi connectivity index (χ1) is 14.1. The lowest BCUT2D eigenvalue weighted by atomic mass is 10.1. The van der Waals surface area contributed by atoms with E-state index in [0.717, 1.165) is 16.7 Å². The molecular weight excluding hydrogens is 393 g/mol. The summed E-state index contributed by atoms with van der Waals surface area (Å²) in [6.45, 7) is 0. The summed E-state index contributed by atoms with van der Waals surface area (Å²) in [5.74, 6) is -0.0179. The van der Waals surface area contributed by atoms with Gasteiger partial charge >= 0.3 is 0 Å². The van der Waals surface area contributed by atoms with Crippen LogP contribution in [0, 0.1) is 5.82 Å². The lowest BCUT2D eigenvalue weighted by Crippen LogP contribution is -2.14. The highest BCUT2D eigenvalue weighted by molar-refractivity contribution is 7.18. The standard InChI is InChI=1S/C21H16FN3O3S/c1-27-16-8-5-9-17(28-2)18(16)19(26)23-21-25-24-20(29-21)13-10-12-6-3-4-7-14(12)15(22)11-13/h3-11H,1-2H3,(H,23,25,26). The number of fused-ring (bicyclic) bond motifs is 1.